The first-order valence-corrected chi connectivity index (χ1v) is 7.11. The Morgan fingerprint density at radius 2 is 1.95 bits per heavy atom. The summed E-state index contributed by atoms with van der Waals surface area (Å²) in [5.41, 5.74) is -0.541. The lowest BCUT2D eigenvalue weighted by Crippen LogP contribution is -2.44. The first-order valence-electron chi connectivity index (χ1n) is 6.31. The van der Waals surface area contributed by atoms with Gasteiger partial charge >= 0.3 is 12.0 Å². The Hall–Kier alpha value is -1.70. The predicted octanol–water partition coefficient (Wildman–Crippen LogP) is 3.06. The molecule has 0 spiro atoms. The molecular formula is C13H13BrF2N2O3. The molecule has 0 radical (unpaired) electrons. The number of anilines is 1. The summed E-state index contributed by atoms with van der Waals surface area (Å²) in [6, 6.07) is 1.37. The van der Waals surface area contributed by atoms with E-state index in [9.17, 15) is 18.4 Å². The average Bonchev–Trinajstić information content (AvgIpc) is 2.42. The zero-order valence-corrected chi connectivity index (χ0v) is 12.5. The average molecular weight is 363 g/mol. The molecule has 1 aromatic rings. The molecule has 2 amide bonds. The van der Waals surface area contributed by atoms with Crippen molar-refractivity contribution in [3.63, 3.8) is 0 Å². The van der Waals surface area contributed by atoms with Crippen molar-refractivity contribution in [2.24, 2.45) is 5.92 Å². The maximum atomic E-state index is 13.6. The molecule has 0 unspecified atom stereocenters. The van der Waals surface area contributed by atoms with Crippen molar-refractivity contribution in [2.45, 2.75) is 12.8 Å². The van der Waals surface area contributed by atoms with Gasteiger partial charge in [0.15, 0.2) is 11.6 Å². The van der Waals surface area contributed by atoms with E-state index in [-0.39, 0.29) is 11.0 Å². The van der Waals surface area contributed by atoms with Crippen LogP contribution in [0.25, 0.3) is 0 Å². The highest BCUT2D eigenvalue weighted by molar-refractivity contribution is 9.10. The number of nitrogens with one attached hydrogen (secondary N) is 1. The van der Waals surface area contributed by atoms with Gasteiger partial charge in [0.2, 0.25) is 0 Å². The number of hydrogen-bond acceptors (Lipinski definition) is 2. The minimum Gasteiger partial charge on any atom is -0.481 e. The highest BCUT2D eigenvalue weighted by Gasteiger charge is 2.28. The van der Waals surface area contributed by atoms with Crippen LogP contribution in [0.3, 0.4) is 0 Å². The first-order chi connectivity index (χ1) is 9.88. The molecule has 2 rings (SSSR count). The lowest BCUT2D eigenvalue weighted by atomic mass is 9.99. The smallest absolute Gasteiger partial charge is 0.322 e. The van der Waals surface area contributed by atoms with Crippen LogP contribution in [-0.4, -0.2) is 35.1 Å². The number of nitrogens with zero attached hydrogens (tertiary/aromatic N) is 1. The highest BCUT2D eigenvalue weighted by Crippen LogP contribution is 2.25. The summed E-state index contributed by atoms with van der Waals surface area (Å²) in [7, 11) is 0. The van der Waals surface area contributed by atoms with Gasteiger partial charge in [-0.3, -0.25) is 4.79 Å². The molecule has 114 valence electrons. The van der Waals surface area contributed by atoms with Crippen LogP contribution in [0.2, 0.25) is 0 Å². The fourth-order valence-corrected chi connectivity index (χ4v) is 2.61. The summed E-state index contributed by atoms with van der Waals surface area (Å²) in [4.78, 5) is 24.2. The molecule has 1 saturated heterocycles. The number of benzene rings is 1. The van der Waals surface area contributed by atoms with E-state index >= 15 is 0 Å². The lowest BCUT2D eigenvalue weighted by Gasteiger charge is -2.30. The molecule has 2 N–H and O–H groups in total. The molecule has 1 heterocycles. The fraction of sp³-hybridized carbons (Fsp3) is 0.385. The summed E-state index contributed by atoms with van der Waals surface area (Å²) in [5, 5.41) is 11.1. The van der Waals surface area contributed by atoms with Gasteiger partial charge in [0.25, 0.3) is 0 Å². The zero-order chi connectivity index (χ0) is 15.6. The van der Waals surface area contributed by atoms with Crippen LogP contribution >= 0.6 is 15.9 Å². The van der Waals surface area contributed by atoms with E-state index in [2.05, 4.69) is 21.2 Å². The number of carbonyl (C=O) groups excluding carboxylic acids is 1. The van der Waals surface area contributed by atoms with Crippen molar-refractivity contribution in [1.29, 1.82) is 0 Å². The van der Waals surface area contributed by atoms with E-state index < -0.39 is 35.2 Å². The number of urea groups is 1. The zero-order valence-electron chi connectivity index (χ0n) is 10.9. The summed E-state index contributed by atoms with van der Waals surface area (Å²) in [6.45, 7) is 0.385. The first kappa shape index (κ1) is 15.7. The number of hydrogen-bond donors (Lipinski definition) is 2. The molecule has 0 bridgehead atoms. The van der Waals surface area contributed by atoms with Crippen molar-refractivity contribution >= 4 is 33.6 Å². The van der Waals surface area contributed by atoms with E-state index in [1.807, 2.05) is 0 Å². The monoisotopic (exact) mass is 362 g/mol. The van der Waals surface area contributed by atoms with Gasteiger partial charge in [-0.25, -0.2) is 13.6 Å². The molecule has 21 heavy (non-hydrogen) atoms. The van der Waals surface area contributed by atoms with Crippen molar-refractivity contribution < 1.29 is 23.5 Å². The van der Waals surface area contributed by atoms with Crippen LogP contribution in [0.1, 0.15) is 12.8 Å². The summed E-state index contributed by atoms with van der Waals surface area (Å²) in [5.74, 6) is -3.43. The largest absolute Gasteiger partial charge is 0.481 e. The standard InChI is InChI=1S/C13H13BrF2N2O3/c14-8-4-9(15)11(10(16)5-8)17-13(21)18-3-1-2-7(6-18)12(19)20/h4-5,7H,1-3,6H2,(H,17,21)(H,19,20)/t7-/m0/s1. The van der Waals surface area contributed by atoms with Gasteiger partial charge in [0.1, 0.15) is 5.69 Å². The Bertz CT molecular complexity index is 560. The number of halogens is 3. The van der Waals surface area contributed by atoms with Crippen LogP contribution in [0.4, 0.5) is 19.3 Å². The molecule has 5 nitrogen and oxygen atoms in total. The minimum atomic E-state index is -0.978. The van der Waals surface area contributed by atoms with Crippen molar-refractivity contribution in [1.82, 2.24) is 4.90 Å². The third-order valence-electron chi connectivity index (χ3n) is 3.30. The molecule has 1 aromatic carbocycles. The van der Waals surface area contributed by atoms with Crippen LogP contribution < -0.4 is 5.32 Å². The Morgan fingerprint density at radius 1 is 1.33 bits per heavy atom. The number of rotatable bonds is 2. The van der Waals surface area contributed by atoms with Crippen LogP contribution in [0.15, 0.2) is 16.6 Å². The number of carboxylic acids is 1. The fourth-order valence-electron chi connectivity index (χ4n) is 2.21. The van der Waals surface area contributed by atoms with E-state index in [0.29, 0.717) is 19.4 Å². The summed E-state index contributed by atoms with van der Waals surface area (Å²) >= 11 is 2.95. The minimum absolute atomic E-state index is 0.0287. The van der Waals surface area contributed by atoms with Gasteiger partial charge in [-0.05, 0) is 25.0 Å². The van der Waals surface area contributed by atoms with E-state index in [0.717, 1.165) is 12.1 Å². The number of amides is 2. The van der Waals surface area contributed by atoms with Crippen molar-refractivity contribution in [3.8, 4) is 0 Å². The van der Waals surface area contributed by atoms with Crippen LogP contribution in [0, 0.1) is 17.6 Å². The quantitative estimate of drug-likeness (QED) is 0.849. The Balaban J connectivity index is 2.10. The third kappa shape index (κ3) is 3.69. The Kier molecular flexibility index (Phi) is 4.76. The molecule has 0 aromatic heterocycles. The molecule has 8 heteroatoms. The van der Waals surface area contributed by atoms with Gasteiger partial charge < -0.3 is 15.3 Å². The topological polar surface area (TPSA) is 69.6 Å². The second kappa shape index (κ2) is 6.38. The predicted molar refractivity (Wildman–Crippen MR) is 75.0 cm³/mol. The van der Waals surface area contributed by atoms with Gasteiger partial charge in [-0.2, -0.15) is 0 Å². The Morgan fingerprint density at radius 3 is 2.52 bits per heavy atom. The number of carboxylic acid groups (broad SMARTS) is 1. The lowest BCUT2D eigenvalue weighted by molar-refractivity contribution is -0.143. The van der Waals surface area contributed by atoms with Crippen LogP contribution in [0.5, 0.6) is 0 Å². The molecule has 1 atom stereocenters. The van der Waals surface area contributed by atoms with Crippen molar-refractivity contribution in [3.05, 3.63) is 28.2 Å². The summed E-state index contributed by atoms with van der Waals surface area (Å²) in [6.07, 6.45) is 1.02. The second-order valence-electron chi connectivity index (χ2n) is 4.80. The maximum Gasteiger partial charge on any atom is 0.322 e. The third-order valence-corrected chi connectivity index (χ3v) is 3.75. The Labute approximate surface area is 128 Å². The SMILES string of the molecule is O=C(O)[C@H]1CCCN(C(=O)Nc2c(F)cc(Br)cc2F)C1. The maximum absolute atomic E-state index is 13.6. The van der Waals surface area contributed by atoms with E-state index in [1.165, 1.54) is 4.90 Å². The molecule has 1 aliphatic heterocycles. The number of carbonyl (C=O) groups is 2. The summed E-state index contributed by atoms with van der Waals surface area (Å²) < 4.78 is 27.5. The van der Waals surface area contributed by atoms with E-state index in [4.69, 9.17) is 5.11 Å². The highest BCUT2D eigenvalue weighted by atomic mass is 79.9. The van der Waals surface area contributed by atoms with Crippen LogP contribution in [-0.2, 0) is 4.79 Å². The molecule has 0 aliphatic carbocycles. The van der Waals surface area contributed by atoms with Gasteiger partial charge in [-0.15, -0.1) is 0 Å². The molecule has 1 fully saturated rings. The second-order valence-corrected chi connectivity index (χ2v) is 5.71. The molecule has 0 saturated carbocycles. The molecular weight excluding hydrogens is 350 g/mol. The molecule has 1 aliphatic rings. The number of aliphatic carboxylic acids is 1. The van der Waals surface area contributed by atoms with Crippen molar-refractivity contribution in [2.75, 3.05) is 18.4 Å². The number of likely N-dealkylation sites (tertiary alicyclic amines) is 1. The van der Waals surface area contributed by atoms with Gasteiger partial charge in [-0.1, -0.05) is 15.9 Å². The number of piperidine rings is 1. The normalized spacial score (nSPS) is 18.4. The van der Waals surface area contributed by atoms with Gasteiger partial charge in [0.05, 0.1) is 5.92 Å². The van der Waals surface area contributed by atoms with E-state index in [1.54, 1.807) is 0 Å². The van der Waals surface area contributed by atoms with Gasteiger partial charge in [0, 0.05) is 17.6 Å².